The number of hydrogen-bond donors (Lipinski definition) is 1. The standard InChI is InChI=1S/C52H32O2/c53-50-31-52-49(48-28-38(22-23-51(48)54-52)36-19-16-32-8-1-2-9-34(32)24-36)30-47(50)39-12-7-11-35(25-39)37-20-17-33-18-21-41(27-42(33)26-37)46-29-40-10-3-4-13-43(40)44-14-5-6-15-45(44)46/h1-31,53H. The van der Waals surface area contributed by atoms with Crippen LogP contribution in [0.3, 0.4) is 0 Å². The highest BCUT2D eigenvalue weighted by molar-refractivity contribution is 6.14. The smallest absolute Gasteiger partial charge is 0.139 e. The maximum atomic E-state index is 11.3. The van der Waals surface area contributed by atoms with Crippen LogP contribution in [0.1, 0.15) is 0 Å². The summed E-state index contributed by atoms with van der Waals surface area (Å²) in [6.45, 7) is 0. The van der Waals surface area contributed by atoms with Crippen LogP contribution in [-0.2, 0) is 0 Å². The minimum absolute atomic E-state index is 0.194. The lowest BCUT2D eigenvalue weighted by Gasteiger charge is -2.13. The second-order valence-electron chi connectivity index (χ2n) is 14.3. The van der Waals surface area contributed by atoms with Gasteiger partial charge in [0.1, 0.15) is 16.9 Å². The van der Waals surface area contributed by atoms with Crippen LogP contribution < -0.4 is 0 Å². The third-order valence-corrected chi connectivity index (χ3v) is 11.1. The van der Waals surface area contributed by atoms with Crippen molar-refractivity contribution in [2.45, 2.75) is 0 Å². The van der Waals surface area contributed by atoms with Gasteiger partial charge >= 0.3 is 0 Å². The van der Waals surface area contributed by atoms with Gasteiger partial charge in [0.05, 0.1) is 0 Å². The lowest BCUT2D eigenvalue weighted by atomic mass is 9.91. The van der Waals surface area contributed by atoms with Crippen LogP contribution in [-0.4, -0.2) is 5.11 Å². The fourth-order valence-corrected chi connectivity index (χ4v) is 8.34. The quantitative estimate of drug-likeness (QED) is 0.187. The van der Waals surface area contributed by atoms with Crippen LogP contribution in [0.15, 0.2) is 192 Å². The van der Waals surface area contributed by atoms with E-state index in [1.165, 1.54) is 54.2 Å². The molecule has 1 aromatic heterocycles. The summed E-state index contributed by atoms with van der Waals surface area (Å²) < 4.78 is 6.25. The average molecular weight is 689 g/mol. The molecule has 0 aliphatic rings. The maximum absolute atomic E-state index is 11.3. The summed E-state index contributed by atoms with van der Waals surface area (Å²) in [7, 11) is 0. The molecule has 0 atom stereocenters. The predicted molar refractivity (Wildman–Crippen MR) is 227 cm³/mol. The average Bonchev–Trinajstić information content (AvgIpc) is 3.59. The largest absolute Gasteiger partial charge is 0.507 e. The molecule has 11 aromatic rings. The van der Waals surface area contributed by atoms with E-state index in [4.69, 9.17) is 4.42 Å². The van der Waals surface area contributed by atoms with E-state index >= 15 is 0 Å². The second-order valence-corrected chi connectivity index (χ2v) is 14.3. The van der Waals surface area contributed by atoms with E-state index in [2.05, 4.69) is 176 Å². The summed E-state index contributed by atoms with van der Waals surface area (Å²) in [4.78, 5) is 0. The van der Waals surface area contributed by atoms with Gasteiger partial charge in [-0.25, -0.2) is 0 Å². The Morgan fingerprint density at radius 1 is 0.278 bits per heavy atom. The van der Waals surface area contributed by atoms with E-state index < -0.39 is 0 Å². The molecule has 54 heavy (non-hydrogen) atoms. The van der Waals surface area contributed by atoms with Crippen LogP contribution in [0.4, 0.5) is 0 Å². The highest BCUT2D eigenvalue weighted by Crippen LogP contribution is 2.41. The van der Waals surface area contributed by atoms with E-state index in [0.29, 0.717) is 5.58 Å². The van der Waals surface area contributed by atoms with Gasteiger partial charge in [-0.1, -0.05) is 133 Å². The highest BCUT2D eigenvalue weighted by Gasteiger charge is 2.15. The van der Waals surface area contributed by atoms with Crippen molar-refractivity contribution >= 4 is 65.0 Å². The van der Waals surface area contributed by atoms with Crippen molar-refractivity contribution in [3.63, 3.8) is 0 Å². The molecule has 0 amide bonds. The number of phenolic OH excluding ortho intramolecular Hbond substituents is 1. The zero-order chi connectivity index (χ0) is 35.8. The van der Waals surface area contributed by atoms with E-state index in [-0.39, 0.29) is 5.75 Å². The molecule has 0 spiro atoms. The Bertz CT molecular complexity index is 3290. The predicted octanol–water partition coefficient (Wildman–Crippen LogP) is 14.6. The number of hydrogen-bond acceptors (Lipinski definition) is 2. The Labute approximate surface area is 311 Å². The van der Waals surface area contributed by atoms with Crippen molar-refractivity contribution in [3.05, 3.63) is 188 Å². The molecule has 2 nitrogen and oxygen atoms in total. The van der Waals surface area contributed by atoms with Gasteiger partial charge < -0.3 is 9.52 Å². The Morgan fingerprint density at radius 3 is 1.67 bits per heavy atom. The molecule has 2 heteroatoms. The van der Waals surface area contributed by atoms with Crippen LogP contribution in [0.25, 0.3) is 110 Å². The Morgan fingerprint density at radius 2 is 0.833 bits per heavy atom. The first-order chi connectivity index (χ1) is 26.6. The minimum atomic E-state index is 0.194. The molecule has 252 valence electrons. The normalized spacial score (nSPS) is 11.8. The summed E-state index contributed by atoms with van der Waals surface area (Å²) in [5.41, 5.74) is 10.1. The molecule has 0 saturated carbocycles. The molecular weight excluding hydrogens is 657 g/mol. The highest BCUT2D eigenvalue weighted by atomic mass is 16.3. The van der Waals surface area contributed by atoms with Gasteiger partial charge in [-0.2, -0.15) is 0 Å². The van der Waals surface area contributed by atoms with Crippen molar-refractivity contribution in [2.75, 3.05) is 0 Å². The molecule has 10 aromatic carbocycles. The Kier molecular flexibility index (Phi) is 6.74. The zero-order valence-corrected chi connectivity index (χ0v) is 29.3. The lowest BCUT2D eigenvalue weighted by molar-refractivity contribution is 0.477. The number of rotatable bonds is 4. The number of furan rings is 1. The van der Waals surface area contributed by atoms with E-state index in [9.17, 15) is 5.11 Å². The SMILES string of the molecule is Oc1cc2oc3ccc(-c4ccc5ccccc5c4)cc3c2cc1-c1cccc(-c2ccc3ccc(-c4cc5ccccc5c5ccccc45)cc3c2)c1. The van der Waals surface area contributed by atoms with Gasteiger partial charge in [-0.3, -0.25) is 0 Å². The van der Waals surface area contributed by atoms with Crippen molar-refractivity contribution in [1.29, 1.82) is 0 Å². The monoisotopic (exact) mass is 688 g/mol. The Balaban J connectivity index is 0.987. The van der Waals surface area contributed by atoms with Gasteiger partial charge in [0.25, 0.3) is 0 Å². The molecule has 0 unspecified atom stereocenters. The Hall–Kier alpha value is -7.16. The van der Waals surface area contributed by atoms with Crippen LogP contribution in [0, 0.1) is 0 Å². The summed E-state index contributed by atoms with van der Waals surface area (Å²) in [6, 6.07) is 66.7. The topological polar surface area (TPSA) is 33.4 Å². The minimum Gasteiger partial charge on any atom is -0.507 e. The summed E-state index contributed by atoms with van der Waals surface area (Å²) in [6.07, 6.45) is 0. The van der Waals surface area contributed by atoms with Crippen LogP contribution in [0.5, 0.6) is 5.75 Å². The third kappa shape index (κ3) is 4.96. The van der Waals surface area contributed by atoms with Crippen LogP contribution in [0.2, 0.25) is 0 Å². The first-order valence-corrected chi connectivity index (χ1v) is 18.4. The van der Waals surface area contributed by atoms with Crippen molar-refractivity contribution < 1.29 is 9.52 Å². The van der Waals surface area contributed by atoms with Gasteiger partial charge in [-0.05, 0) is 131 Å². The number of benzene rings is 10. The zero-order valence-electron chi connectivity index (χ0n) is 29.3. The molecule has 0 aliphatic carbocycles. The van der Waals surface area contributed by atoms with Crippen molar-refractivity contribution in [3.8, 4) is 50.3 Å². The third-order valence-electron chi connectivity index (χ3n) is 11.1. The molecular formula is C52H32O2. The van der Waals surface area contributed by atoms with Crippen LogP contribution >= 0.6 is 0 Å². The molecule has 11 rings (SSSR count). The number of fused-ring (bicyclic) bond motifs is 8. The number of aromatic hydroxyl groups is 1. The molecule has 1 N–H and O–H groups in total. The summed E-state index contributed by atoms with van der Waals surface area (Å²) in [5, 5.41) is 23.2. The molecule has 0 aliphatic heterocycles. The summed E-state index contributed by atoms with van der Waals surface area (Å²) >= 11 is 0. The maximum Gasteiger partial charge on any atom is 0.139 e. The first kappa shape index (κ1) is 30.5. The van der Waals surface area contributed by atoms with E-state index in [1.807, 2.05) is 6.07 Å². The molecule has 0 fully saturated rings. The van der Waals surface area contributed by atoms with Gasteiger partial charge in [-0.15, -0.1) is 0 Å². The van der Waals surface area contributed by atoms with Crippen molar-refractivity contribution in [2.24, 2.45) is 0 Å². The first-order valence-electron chi connectivity index (χ1n) is 18.4. The fourth-order valence-electron chi connectivity index (χ4n) is 8.34. The second kappa shape index (κ2) is 11.9. The van der Waals surface area contributed by atoms with Gasteiger partial charge in [0, 0.05) is 22.4 Å². The van der Waals surface area contributed by atoms with E-state index in [1.54, 1.807) is 6.07 Å². The molecule has 0 bridgehead atoms. The van der Waals surface area contributed by atoms with E-state index in [0.717, 1.165) is 49.7 Å². The fraction of sp³-hybridized carbons (Fsp3) is 0. The van der Waals surface area contributed by atoms with Crippen molar-refractivity contribution in [1.82, 2.24) is 0 Å². The molecule has 0 saturated heterocycles. The number of phenols is 1. The van der Waals surface area contributed by atoms with Gasteiger partial charge in [0.15, 0.2) is 0 Å². The lowest BCUT2D eigenvalue weighted by Crippen LogP contribution is -1.86. The molecule has 1 heterocycles. The molecule has 0 radical (unpaired) electrons. The summed E-state index contributed by atoms with van der Waals surface area (Å²) in [5.74, 6) is 0.194. The van der Waals surface area contributed by atoms with Gasteiger partial charge in [0.2, 0.25) is 0 Å².